The average Bonchev–Trinajstić information content (AvgIpc) is 2.47. The molecule has 0 aliphatic heterocycles. The minimum Gasteiger partial charge on any atom is -0.493 e. The molecule has 0 atom stereocenters. The third kappa shape index (κ3) is 2.83. The van der Waals surface area contributed by atoms with Gasteiger partial charge in [0.25, 0.3) is 0 Å². The summed E-state index contributed by atoms with van der Waals surface area (Å²) in [5.41, 5.74) is 2.71. The van der Waals surface area contributed by atoms with Crippen LogP contribution < -0.4 is 9.47 Å². The molecule has 0 N–H and O–H groups in total. The van der Waals surface area contributed by atoms with E-state index in [4.69, 9.17) is 15.9 Å². The number of benzene rings is 1. The first-order valence-electron chi connectivity index (χ1n) is 5.74. The Bertz CT molecular complexity index is 604. The lowest BCUT2D eigenvalue weighted by molar-refractivity contribution is 0.354. The van der Waals surface area contributed by atoms with E-state index in [0.29, 0.717) is 23.5 Å². The summed E-state index contributed by atoms with van der Waals surface area (Å²) in [5, 5.41) is 0. The molecule has 0 saturated heterocycles. The van der Waals surface area contributed by atoms with Crippen LogP contribution in [0.4, 0.5) is 0 Å². The predicted molar refractivity (Wildman–Crippen MR) is 72.3 cm³/mol. The lowest BCUT2D eigenvalue weighted by Gasteiger charge is -2.12. The topological polar surface area (TPSA) is 44.2 Å². The zero-order valence-corrected chi connectivity index (χ0v) is 10.9. The second kappa shape index (κ2) is 5.87. The van der Waals surface area contributed by atoms with E-state index >= 15 is 0 Å². The van der Waals surface area contributed by atoms with Gasteiger partial charge in [0, 0.05) is 18.8 Å². The highest BCUT2D eigenvalue weighted by Crippen LogP contribution is 2.32. The van der Waals surface area contributed by atoms with Crippen LogP contribution in [-0.4, -0.2) is 24.2 Å². The van der Waals surface area contributed by atoms with Crippen molar-refractivity contribution in [3.05, 3.63) is 47.5 Å². The quantitative estimate of drug-likeness (QED) is 0.783. The molecule has 0 fully saturated rings. The van der Waals surface area contributed by atoms with Crippen LogP contribution in [0.2, 0.25) is 0 Å². The third-order valence-corrected chi connectivity index (χ3v) is 2.72. The Morgan fingerprint density at radius 2 is 1.84 bits per heavy atom. The standard InChI is InChI=1S/C15H14N2O2/c1-4-13-6-11(5-12-8-16-10-17-9-12)7-14(18-2)15(13)19-3/h1,6-10H,5H2,2-3H3. The van der Waals surface area contributed by atoms with Gasteiger partial charge in [0.2, 0.25) is 0 Å². The minimum atomic E-state index is 0.582. The third-order valence-electron chi connectivity index (χ3n) is 2.72. The summed E-state index contributed by atoms with van der Waals surface area (Å²) in [7, 11) is 3.16. The van der Waals surface area contributed by atoms with Gasteiger partial charge in [-0.3, -0.25) is 0 Å². The fourth-order valence-electron chi connectivity index (χ4n) is 1.89. The molecule has 0 saturated carbocycles. The number of terminal acetylenes is 1. The minimum absolute atomic E-state index is 0.582. The maximum Gasteiger partial charge on any atom is 0.176 e. The number of aromatic nitrogens is 2. The van der Waals surface area contributed by atoms with Crippen molar-refractivity contribution in [1.82, 2.24) is 9.97 Å². The lowest BCUT2D eigenvalue weighted by Crippen LogP contribution is -1.97. The van der Waals surface area contributed by atoms with E-state index in [9.17, 15) is 0 Å². The van der Waals surface area contributed by atoms with Gasteiger partial charge in [0.05, 0.1) is 19.8 Å². The zero-order valence-electron chi connectivity index (χ0n) is 10.9. The Kier molecular flexibility index (Phi) is 3.99. The summed E-state index contributed by atoms with van der Waals surface area (Å²) in [6, 6.07) is 3.82. The van der Waals surface area contributed by atoms with Crippen molar-refractivity contribution < 1.29 is 9.47 Å². The second-order valence-corrected chi connectivity index (χ2v) is 3.95. The Balaban J connectivity index is 2.40. The zero-order chi connectivity index (χ0) is 13.7. The summed E-state index contributed by atoms with van der Waals surface area (Å²) in [5.74, 6) is 3.82. The molecule has 0 bridgehead atoms. The fraction of sp³-hybridized carbons (Fsp3) is 0.200. The smallest absolute Gasteiger partial charge is 0.176 e. The van der Waals surface area contributed by atoms with Gasteiger partial charge in [-0.05, 0) is 23.3 Å². The Morgan fingerprint density at radius 3 is 2.42 bits per heavy atom. The number of rotatable bonds is 4. The van der Waals surface area contributed by atoms with Gasteiger partial charge in [-0.1, -0.05) is 5.92 Å². The van der Waals surface area contributed by atoms with Gasteiger partial charge in [0.15, 0.2) is 11.5 Å². The molecule has 4 nitrogen and oxygen atoms in total. The van der Waals surface area contributed by atoms with Crippen LogP contribution in [0, 0.1) is 12.3 Å². The molecule has 96 valence electrons. The van der Waals surface area contributed by atoms with E-state index in [0.717, 1.165) is 11.1 Å². The molecular formula is C15H14N2O2. The molecule has 0 unspecified atom stereocenters. The molecule has 0 radical (unpaired) electrons. The molecule has 1 heterocycles. The van der Waals surface area contributed by atoms with Crippen molar-refractivity contribution >= 4 is 0 Å². The molecule has 1 aromatic carbocycles. The molecule has 0 aliphatic carbocycles. The highest BCUT2D eigenvalue weighted by molar-refractivity contribution is 5.56. The van der Waals surface area contributed by atoms with E-state index in [1.807, 2.05) is 12.1 Å². The van der Waals surface area contributed by atoms with Crippen LogP contribution in [0.15, 0.2) is 30.9 Å². The first-order valence-corrected chi connectivity index (χ1v) is 5.74. The van der Waals surface area contributed by atoms with E-state index in [-0.39, 0.29) is 0 Å². The maximum absolute atomic E-state index is 5.50. The summed E-state index contributed by atoms with van der Waals surface area (Å²) in [6.45, 7) is 0. The van der Waals surface area contributed by atoms with Crippen molar-refractivity contribution in [3.8, 4) is 23.8 Å². The van der Waals surface area contributed by atoms with Gasteiger partial charge in [0.1, 0.15) is 6.33 Å². The molecule has 19 heavy (non-hydrogen) atoms. The Hall–Kier alpha value is -2.54. The lowest BCUT2D eigenvalue weighted by atomic mass is 10.0. The summed E-state index contributed by atoms with van der Waals surface area (Å²) >= 11 is 0. The van der Waals surface area contributed by atoms with Crippen LogP contribution in [0.25, 0.3) is 0 Å². The van der Waals surface area contributed by atoms with Crippen molar-refractivity contribution in [3.63, 3.8) is 0 Å². The first-order chi connectivity index (χ1) is 9.28. The molecule has 2 rings (SSSR count). The van der Waals surface area contributed by atoms with Crippen LogP contribution in [-0.2, 0) is 6.42 Å². The second-order valence-electron chi connectivity index (χ2n) is 3.95. The molecule has 1 aromatic heterocycles. The number of hydrogen-bond acceptors (Lipinski definition) is 4. The highest BCUT2D eigenvalue weighted by atomic mass is 16.5. The molecule has 0 spiro atoms. The molecule has 2 aromatic rings. The van der Waals surface area contributed by atoms with Gasteiger partial charge >= 0.3 is 0 Å². The normalized spacial score (nSPS) is 9.74. The summed E-state index contributed by atoms with van der Waals surface area (Å²) in [4.78, 5) is 7.98. The van der Waals surface area contributed by atoms with Crippen LogP contribution >= 0.6 is 0 Å². The Morgan fingerprint density at radius 1 is 1.11 bits per heavy atom. The Labute approximate surface area is 112 Å². The first kappa shape index (κ1) is 12.9. The van der Waals surface area contributed by atoms with Gasteiger partial charge in [-0.2, -0.15) is 0 Å². The van der Waals surface area contributed by atoms with Crippen LogP contribution in [0.5, 0.6) is 11.5 Å². The predicted octanol–water partition coefficient (Wildman–Crippen LogP) is 2.07. The number of ether oxygens (including phenoxy) is 2. The largest absolute Gasteiger partial charge is 0.493 e. The highest BCUT2D eigenvalue weighted by Gasteiger charge is 2.11. The SMILES string of the molecule is C#Cc1cc(Cc2cncnc2)cc(OC)c1OC. The number of hydrogen-bond donors (Lipinski definition) is 0. The number of methoxy groups -OCH3 is 2. The van der Waals surface area contributed by atoms with E-state index in [1.165, 1.54) is 6.33 Å². The summed E-state index contributed by atoms with van der Waals surface area (Å²) in [6.07, 6.45) is 11.3. The molecule has 4 heteroatoms. The monoisotopic (exact) mass is 254 g/mol. The molecular weight excluding hydrogens is 240 g/mol. The van der Waals surface area contributed by atoms with Crippen molar-refractivity contribution in [2.24, 2.45) is 0 Å². The van der Waals surface area contributed by atoms with E-state index < -0.39 is 0 Å². The average molecular weight is 254 g/mol. The maximum atomic E-state index is 5.50. The number of nitrogens with zero attached hydrogens (tertiary/aromatic N) is 2. The molecule has 0 amide bonds. The van der Waals surface area contributed by atoms with Crippen molar-refractivity contribution in [2.45, 2.75) is 6.42 Å². The summed E-state index contributed by atoms with van der Waals surface area (Å²) < 4.78 is 10.6. The van der Waals surface area contributed by atoms with Crippen LogP contribution in [0.3, 0.4) is 0 Å². The van der Waals surface area contributed by atoms with Crippen molar-refractivity contribution in [1.29, 1.82) is 0 Å². The van der Waals surface area contributed by atoms with Gasteiger partial charge in [-0.15, -0.1) is 6.42 Å². The van der Waals surface area contributed by atoms with Crippen LogP contribution in [0.1, 0.15) is 16.7 Å². The van der Waals surface area contributed by atoms with Crippen molar-refractivity contribution in [2.75, 3.05) is 14.2 Å². The van der Waals surface area contributed by atoms with E-state index in [2.05, 4.69) is 15.9 Å². The van der Waals surface area contributed by atoms with Gasteiger partial charge in [-0.25, -0.2) is 9.97 Å². The van der Waals surface area contributed by atoms with Gasteiger partial charge < -0.3 is 9.47 Å². The molecule has 0 aliphatic rings. The van der Waals surface area contributed by atoms with E-state index in [1.54, 1.807) is 26.6 Å². The fourth-order valence-corrected chi connectivity index (χ4v) is 1.89.